The number of ether oxygens (including phenoxy) is 3. The Morgan fingerprint density at radius 3 is 2.58 bits per heavy atom. The molecule has 3 rings (SSSR count). The zero-order chi connectivity index (χ0) is 22.2. The summed E-state index contributed by atoms with van der Waals surface area (Å²) in [6.45, 7) is 3.51. The Hall–Kier alpha value is -2.94. The fourth-order valence-corrected chi connectivity index (χ4v) is 3.42. The van der Waals surface area contributed by atoms with E-state index in [9.17, 15) is 14.7 Å². The third kappa shape index (κ3) is 5.81. The van der Waals surface area contributed by atoms with E-state index in [0.717, 1.165) is 0 Å². The summed E-state index contributed by atoms with van der Waals surface area (Å²) in [4.78, 5) is 26.3. The molecule has 2 amide bonds. The molecule has 2 atom stereocenters. The lowest BCUT2D eigenvalue weighted by Crippen LogP contribution is -2.53. The first-order valence-corrected chi connectivity index (χ1v) is 10.2. The van der Waals surface area contributed by atoms with E-state index in [4.69, 9.17) is 14.2 Å². The molecule has 8 nitrogen and oxygen atoms in total. The van der Waals surface area contributed by atoms with E-state index in [1.165, 1.54) is 0 Å². The van der Waals surface area contributed by atoms with E-state index >= 15 is 0 Å². The van der Waals surface area contributed by atoms with Crippen molar-refractivity contribution in [3.05, 3.63) is 59.7 Å². The normalized spacial score (nSPS) is 17.3. The van der Waals surface area contributed by atoms with Crippen molar-refractivity contribution in [1.82, 2.24) is 4.90 Å². The topological polar surface area (TPSA) is 97.3 Å². The summed E-state index contributed by atoms with van der Waals surface area (Å²) in [5.74, 6) is 0.262. The van der Waals surface area contributed by atoms with Gasteiger partial charge in [0.1, 0.15) is 18.5 Å². The van der Waals surface area contributed by atoms with Gasteiger partial charge in [0.25, 0.3) is 5.91 Å². The van der Waals surface area contributed by atoms with Crippen molar-refractivity contribution in [1.29, 1.82) is 0 Å². The van der Waals surface area contributed by atoms with Gasteiger partial charge >= 0.3 is 0 Å². The summed E-state index contributed by atoms with van der Waals surface area (Å²) < 4.78 is 15.8. The molecule has 1 heterocycles. The van der Waals surface area contributed by atoms with Crippen LogP contribution in [0.3, 0.4) is 0 Å². The van der Waals surface area contributed by atoms with Crippen LogP contribution in [-0.4, -0.2) is 67.9 Å². The van der Waals surface area contributed by atoms with E-state index < -0.39 is 12.1 Å². The van der Waals surface area contributed by atoms with Crippen LogP contribution in [0.1, 0.15) is 28.9 Å². The van der Waals surface area contributed by atoms with Crippen molar-refractivity contribution in [3.8, 4) is 5.75 Å². The number of nitrogens with zero attached hydrogens (tertiary/aromatic N) is 1. The highest BCUT2D eigenvalue weighted by Gasteiger charge is 2.34. The van der Waals surface area contributed by atoms with Crippen LogP contribution in [0.15, 0.2) is 48.5 Å². The number of rotatable bonds is 9. The number of hydrogen-bond donors (Lipinski definition) is 2. The zero-order valence-corrected chi connectivity index (χ0v) is 17.7. The smallest absolute Gasteiger partial charge is 0.255 e. The maximum absolute atomic E-state index is 12.4. The third-order valence-electron chi connectivity index (χ3n) is 5.14. The first-order chi connectivity index (χ1) is 15.0. The molecule has 0 aliphatic carbocycles. The molecule has 0 bridgehead atoms. The number of aliphatic hydroxyl groups is 1. The van der Waals surface area contributed by atoms with Crippen LogP contribution < -0.4 is 10.1 Å². The Labute approximate surface area is 181 Å². The molecule has 2 aromatic carbocycles. The van der Waals surface area contributed by atoms with Crippen LogP contribution in [0, 0.1) is 0 Å². The maximum Gasteiger partial charge on any atom is 0.255 e. The van der Waals surface area contributed by atoms with Crippen molar-refractivity contribution >= 4 is 17.5 Å². The first kappa shape index (κ1) is 22.7. The quantitative estimate of drug-likeness (QED) is 0.595. The number of nitrogens with one attached hydrogen (secondary N) is 1. The minimum absolute atomic E-state index is 0.00563. The van der Waals surface area contributed by atoms with Gasteiger partial charge in [-0.25, -0.2) is 0 Å². The molecule has 166 valence electrons. The lowest BCUT2D eigenvalue weighted by atomic mass is 10.00. The molecular weight excluding hydrogens is 400 g/mol. The van der Waals surface area contributed by atoms with Gasteiger partial charge in [-0.15, -0.1) is 0 Å². The Morgan fingerprint density at radius 2 is 1.94 bits per heavy atom. The molecule has 0 unspecified atom stereocenters. The van der Waals surface area contributed by atoms with Gasteiger partial charge in [-0.05, 0) is 48.9 Å². The largest absolute Gasteiger partial charge is 0.497 e. The Balaban J connectivity index is 1.64. The van der Waals surface area contributed by atoms with E-state index in [-0.39, 0.29) is 25.0 Å². The van der Waals surface area contributed by atoms with Crippen molar-refractivity contribution in [2.45, 2.75) is 19.1 Å². The number of methoxy groups -OCH3 is 1. The molecule has 0 saturated carbocycles. The summed E-state index contributed by atoms with van der Waals surface area (Å²) in [5.41, 5.74) is 1.74. The molecule has 0 aromatic heterocycles. The molecular formula is C23H28N2O6. The Morgan fingerprint density at radius 1 is 1.23 bits per heavy atom. The lowest BCUT2D eigenvalue weighted by molar-refractivity contribution is -0.155. The highest BCUT2D eigenvalue weighted by molar-refractivity contribution is 6.04. The molecule has 8 heteroatoms. The zero-order valence-electron chi connectivity index (χ0n) is 17.7. The molecule has 1 aliphatic rings. The summed E-state index contributed by atoms with van der Waals surface area (Å²) in [6, 6.07) is 13.2. The van der Waals surface area contributed by atoms with Gasteiger partial charge in [0, 0.05) is 24.4 Å². The van der Waals surface area contributed by atoms with Crippen LogP contribution in [0.2, 0.25) is 0 Å². The van der Waals surface area contributed by atoms with Gasteiger partial charge in [-0.3, -0.25) is 9.59 Å². The van der Waals surface area contributed by atoms with Gasteiger partial charge in [-0.1, -0.05) is 12.1 Å². The van der Waals surface area contributed by atoms with E-state index in [0.29, 0.717) is 42.3 Å². The molecule has 1 saturated heterocycles. The van der Waals surface area contributed by atoms with Crippen LogP contribution in [0.5, 0.6) is 5.75 Å². The van der Waals surface area contributed by atoms with Crippen molar-refractivity contribution in [2.24, 2.45) is 0 Å². The number of amides is 2. The summed E-state index contributed by atoms with van der Waals surface area (Å²) in [5, 5.41) is 13.7. The monoisotopic (exact) mass is 428 g/mol. The van der Waals surface area contributed by atoms with Gasteiger partial charge < -0.3 is 29.5 Å². The summed E-state index contributed by atoms with van der Waals surface area (Å²) >= 11 is 0. The minimum Gasteiger partial charge on any atom is -0.497 e. The van der Waals surface area contributed by atoms with Gasteiger partial charge in [-0.2, -0.15) is 0 Å². The summed E-state index contributed by atoms with van der Waals surface area (Å²) in [6.07, 6.45) is -0.919. The highest BCUT2D eigenvalue weighted by atomic mass is 16.5. The second-order valence-corrected chi connectivity index (χ2v) is 7.12. The molecule has 0 spiro atoms. The fourth-order valence-electron chi connectivity index (χ4n) is 3.42. The number of anilines is 1. The Bertz CT molecular complexity index is 869. The van der Waals surface area contributed by atoms with Crippen LogP contribution in [0.25, 0.3) is 0 Å². The van der Waals surface area contributed by atoms with Gasteiger partial charge in [0.15, 0.2) is 0 Å². The van der Waals surface area contributed by atoms with Crippen molar-refractivity contribution in [3.63, 3.8) is 0 Å². The Kier molecular flexibility index (Phi) is 8.00. The van der Waals surface area contributed by atoms with E-state index in [1.54, 1.807) is 60.5 Å². The average molecular weight is 428 g/mol. The maximum atomic E-state index is 12.4. The van der Waals surface area contributed by atoms with Gasteiger partial charge in [0.05, 0.1) is 26.4 Å². The molecule has 1 fully saturated rings. The molecule has 31 heavy (non-hydrogen) atoms. The number of carbonyl (C=O) groups is 2. The first-order valence-electron chi connectivity index (χ1n) is 10.2. The predicted octanol–water partition coefficient (Wildman–Crippen LogP) is 2.24. The number of hydrogen-bond acceptors (Lipinski definition) is 6. The molecule has 0 radical (unpaired) electrons. The minimum atomic E-state index is -0.919. The lowest BCUT2D eigenvalue weighted by Gasteiger charge is -2.38. The average Bonchev–Trinajstić information content (AvgIpc) is 2.80. The molecule has 2 N–H and O–H groups in total. The second-order valence-electron chi connectivity index (χ2n) is 7.12. The molecule has 1 aliphatic heterocycles. The third-order valence-corrected chi connectivity index (χ3v) is 5.14. The molecule has 2 aromatic rings. The van der Waals surface area contributed by atoms with Gasteiger partial charge in [0.2, 0.25) is 5.91 Å². The van der Waals surface area contributed by atoms with Crippen molar-refractivity contribution in [2.75, 3.05) is 45.4 Å². The standard InChI is InChI=1S/C23H28N2O6/c1-3-30-13-12-25-20(14-31-15-21(25)26)22(27)16-4-8-18(9-5-16)24-23(28)17-6-10-19(29-2)11-7-17/h4-11,20,22,27H,3,12-15H2,1-2H3,(H,24,28)/t20-,22-/m1/s1. The van der Waals surface area contributed by atoms with Crippen molar-refractivity contribution < 1.29 is 28.9 Å². The van der Waals surface area contributed by atoms with Crippen LogP contribution in [-0.2, 0) is 14.3 Å². The fraction of sp³-hybridized carbons (Fsp3) is 0.391. The predicted molar refractivity (Wildman–Crippen MR) is 115 cm³/mol. The second kappa shape index (κ2) is 10.9. The number of aliphatic hydroxyl groups excluding tert-OH is 1. The number of carbonyl (C=O) groups excluding carboxylic acids is 2. The van der Waals surface area contributed by atoms with E-state index in [1.807, 2.05) is 6.92 Å². The summed E-state index contributed by atoms with van der Waals surface area (Å²) in [7, 11) is 1.57. The number of benzene rings is 2. The van der Waals surface area contributed by atoms with Crippen LogP contribution in [0.4, 0.5) is 5.69 Å². The highest BCUT2D eigenvalue weighted by Crippen LogP contribution is 2.25. The number of morpholine rings is 1. The van der Waals surface area contributed by atoms with E-state index in [2.05, 4.69) is 5.32 Å². The SMILES string of the molecule is CCOCCN1C(=O)COC[C@@H]1[C@H](O)c1ccc(NC(=O)c2ccc(OC)cc2)cc1. The van der Waals surface area contributed by atoms with Crippen LogP contribution >= 0.6 is 0 Å².